The van der Waals surface area contributed by atoms with E-state index in [2.05, 4.69) is 30.1 Å². The van der Waals surface area contributed by atoms with Crippen LogP contribution in [-0.2, 0) is 11.2 Å². The van der Waals surface area contributed by atoms with Gasteiger partial charge in [-0.2, -0.15) is 0 Å². The highest BCUT2D eigenvalue weighted by Gasteiger charge is 2.54. The summed E-state index contributed by atoms with van der Waals surface area (Å²) in [6, 6.07) is 14.9. The van der Waals surface area contributed by atoms with Crippen molar-refractivity contribution in [2.75, 3.05) is 26.7 Å². The van der Waals surface area contributed by atoms with E-state index in [0.29, 0.717) is 17.8 Å². The Bertz CT molecular complexity index is 890. The zero-order valence-corrected chi connectivity index (χ0v) is 16.4. The third-order valence-electron chi connectivity index (χ3n) is 7.09. The van der Waals surface area contributed by atoms with E-state index < -0.39 is 0 Å². The van der Waals surface area contributed by atoms with Gasteiger partial charge in [0.05, 0.1) is 6.04 Å². The number of hydrogen-bond donors (Lipinski definition) is 0. The highest BCUT2D eigenvalue weighted by molar-refractivity contribution is 5.78. The van der Waals surface area contributed by atoms with Gasteiger partial charge in [-0.15, -0.1) is 0 Å². The minimum Gasteiger partial charge on any atom is -0.331 e. The Balaban J connectivity index is 1.45. The van der Waals surface area contributed by atoms with E-state index in [1.54, 1.807) is 0 Å². The van der Waals surface area contributed by atoms with E-state index in [1.165, 1.54) is 36.1 Å². The van der Waals surface area contributed by atoms with Crippen LogP contribution in [0.25, 0.3) is 0 Å². The summed E-state index contributed by atoms with van der Waals surface area (Å²) in [5.74, 6) is 0.474. The molecule has 5 rings (SSSR count). The Kier molecular flexibility index (Phi) is 4.27. The summed E-state index contributed by atoms with van der Waals surface area (Å²) in [6.45, 7) is 2.89. The molecule has 2 aromatic rings. The van der Waals surface area contributed by atoms with Gasteiger partial charge in [-0.25, -0.2) is 4.39 Å². The molecule has 1 amide bonds. The molecule has 0 aromatic heterocycles. The van der Waals surface area contributed by atoms with Crippen molar-refractivity contribution in [1.29, 1.82) is 0 Å². The van der Waals surface area contributed by atoms with Crippen LogP contribution < -0.4 is 0 Å². The number of carbonyl (C=O) groups excluding carboxylic acids is 1. The molecule has 146 valence electrons. The van der Waals surface area contributed by atoms with Gasteiger partial charge in [-0.1, -0.05) is 36.4 Å². The summed E-state index contributed by atoms with van der Waals surface area (Å²) in [5.41, 5.74) is 3.86. The van der Waals surface area contributed by atoms with Gasteiger partial charge >= 0.3 is 0 Å². The average Bonchev–Trinajstić information content (AvgIpc) is 3.40. The van der Waals surface area contributed by atoms with Gasteiger partial charge in [0.2, 0.25) is 5.91 Å². The number of halogens is 1. The largest absolute Gasteiger partial charge is 0.331 e. The second kappa shape index (κ2) is 6.70. The van der Waals surface area contributed by atoms with Crippen molar-refractivity contribution < 1.29 is 9.18 Å². The van der Waals surface area contributed by atoms with Gasteiger partial charge in [0.1, 0.15) is 5.82 Å². The predicted octanol–water partition coefficient (Wildman–Crippen LogP) is 4.03. The van der Waals surface area contributed by atoms with Crippen LogP contribution in [0.4, 0.5) is 4.39 Å². The van der Waals surface area contributed by atoms with Crippen LogP contribution in [0.3, 0.4) is 0 Å². The SMILES string of the molecule is CN1C[C@@H](CC(=O)N2CCc3ccccc3[C@@H]2c2ccc(F)cc2)C2(CC2)C1. The van der Waals surface area contributed by atoms with E-state index in [4.69, 9.17) is 0 Å². The van der Waals surface area contributed by atoms with Gasteiger partial charge in [0, 0.05) is 26.1 Å². The van der Waals surface area contributed by atoms with Crippen LogP contribution >= 0.6 is 0 Å². The number of likely N-dealkylation sites (tertiary alicyclic amines) is 1. The van der Waals surface area contributed by atoms with Crippen LogP contribution in [0.2, 0.25) is 0 Å². The summed E-state index contributed by atoms with van der Waals surface area (Å²) in [4.78, 5) is 17.9. The normalized spacial score (nSPS) is 25.7. The topological polar surface area (TPSA) is 23.6 Å². The van der Waals surface area contributed by atoms with Crippen LogP contribution in [0.1, 0.15) is 42.0 Å². The lowest BCUT2D eigenvalue weighted by Gasteiger charge is -2.38. The molecular formula is C24H27FN2O. The van der Waals surface area contributed by atoms with Crippen LogP contribution in [-0.4, -0.2) is 42.4 Å². The first-order valence-electron chi connectivity index (χ1n) is 10.4. The molecule has 1 saturated carbocycles. The van der Waals surface area contributed by atoms with Crippen molar-refractivity contribution in [3.8, 4) is 0 Å². The third-order valence-corrected chi connectivity index (χ3v) is 7.09. The minimum atomic E-state index is -0.240. The van der Waals surface area contributed by atoms with Crippen LogP contribution in [0, 0.1) is 17.2 Å². The van der Waals surface area contributed by atoms with Crippen molar-refractivity contribution in [3.05, 3.63) is 71.0 Å². The monoisotopic (exact) mass is 378 g/mol. The van der Waals surface area contributed by atoms with Crippen molar-refractivity contribution in [3.63, 3.8) is 0 Å². The quantitative estimate of drug-likeness (QED) is 0.805. The zero-order valence-electron chi connectivity index (χ0n) is 16.4. The van der Waals surface area contributed by atoms with Crippen LogP contribution in [0.5, 0.6) is 0 Å². The molecule has 0 radical (unpaired) electrons. The second-order valence-electron chi connectivity index (χ2n) is 8.95. The van der Waals surface area contributed by atoms with Gasteiger partial charge < -0.3 is 9.80 Å². The summed E-state index contributed by atoms with van der Waals surface area (Å²) in [6.07, 6.45) is 4.04. The highest BCUT2D eigenvalue weighted by Crippen LogP contribution is 2.57. The number of carbonyl (C=O) groups is 1. The predicted molar refractivity (Wildman–Crippen MR) is 107 cm³/mol. The Morgan fingerprint density at radius 1 is 1.14 bits per heavy atom. The summed E-state index contributed by atoms with van der Waals surface area (Å²) in [7, 11) is 2.17. The smallest absolute Gasteiger partial charge is 0.223 e. The third kappa shape index (κ3) is 3.04. The number of benzene rings is 2. The molecule has 3 nitrogen and oxygen atoms in total. The molecule has 0 unspecified atom stereocenters. The fourth-order valence-corrected chi connectivity index (χ4v) is 5.48. The first-order valence-corrected chi connectivity index (χ1v) is 10.4. The molecule has 2 aromatic carbocycles. The molecule has 2 aliphatic heterocycles. The zero-order chi connectivity index (χ0) is 19.3. The van der Waals surface area contributed by atoms with Gasteiger partial charge in [0.15, 0.2) is 0 Å². The number of rotatable bonds is 3. The molecule has 4 heteroatoms. The van der Waals surface area contributed by atoms with E-state index in [9.17, 15) is 9.18 Å². The first kappa shape index (κ1) is 17.9. The highest BCUT2D eigenvalue weighted by atomic mass is 19.1. The average molecular weight is 378 g/mol. The molecule has 2 heterocycles. The number of hydrogen-bond acceptors (Lipinski definition) is 2. The lowest BCUT2D eigenvalue weighted by Crippen LogP contribution is -2.41. The van der Waals surface area contributed by atoms with Gasteiger partial charge in [0.25, 0.3) is 0 Å². The van der Waals surface area contributed by atoms with E-state index in [-0.39, 0.29) is 17.8 Å². The maximum absolute atomic E-state index is 13.5. The van der Waals surface area contributed by atoms with Gasteiger partial charge in [-0.3, -0.25) is 4.79 Å². The Labute approximate surface area is 166 Å². The van der Waals surface area contributed by atoms with Crippen molar-refractivity contribution >= 4 is 5.91 Å². The molecule has 2 atom stereocenters. The molecule has 3 aliphatic rings. The lowest BCUT2D eigenvalue weighted by molar-refractivity contribution is -0.134. The standard InChI is InChI=1S/C24H27FN2O/c1-26-15-19(24(16-26)11-12-24)14-22(28)27-13-10-17-4-2-3-5-21(17)23(27)18-6-8-20(25)9-7-18/h2-9,19,23H,10-16H2,1H3/t19-,23+/m1/s1. The number of nitrogens with zero attached hydrogens (tertiary/aromatic N) is 2. The number of fused-ring (bicyclic) bond motifs is 1. The number of amides is 1. The van der Waals surface area contributed by atoms with E-state index in [0.717, 1.165) is 31.6 Å². The van der Waals surface area contributed by atoms with Crippen molar-refractivity contribution in [1.82, 2.24) is 9.80 Å². The molecule has 1 saturated heterocycles. The maximum atomic E-state index is 13.5. The molecule has 28 heavy (non-hydrogen) atoms. The Morgan fingerprint density at radius 3 is 2.64 bits per heavy atom. The molecular weight excluding hydrogens is 351 g/mol. The summed E-state index contributed by atoms with van der Waals surface area (Å²) >= 11 is 0. The van der Waals surface area contributed by atoms with Crippen LogP contribution in [0.15, 0.2) is 48.5 Å². The summed E-state index contributed by atoms with van der Waals surface area (Å²) < 4.78 is 13.5. The van der Waals surface area contributed by atoms with Crippen molar-refractivity contribution in [2.24, 2.45) is 11.3 Å². The molecule has 1 spiro atoms. The van der Waals surface area contributed by atoms with Crippen molar-refractivity contribution in [2.45, 2.75) is 31.7 Å². The molecule has 0 bridgehead atoms. The van der Waals surface area contributed by atoms with Gasteiger partial charge in [-0.05, 0) is 66.5 Å². The minimum absolute atomic E-state index is 0.118. The molecule has 0 N–H and O–H groups in total. The maximum Gasteiger partial charge on any atom is 0.223 e. The fraction of sp³-hybridized carbons (Fsp3) is 0.458. The Morgan fingerprint density at radius 2 is 1.89 bits per heavy atom. The fourth-order valence-electron chi connectivity index (χ4n) is 5.48. The van der Waals surface area contributed by atoms with E-state index in [1.807, 2.05) is 23.1 Å². The second-order valence-corrected chi connectivity index (χ2v) is 8.95. The first-order chi connectivity index (χ1) is 13.6. The molecule has 2 fully saturated rings. The summed E-state index contributed by atoms with van der Waals surface area (Å²) in [5, 5.41) is 0. The Hall–Kier alpha value is -2.20. The lowest BCUT2D eigenvalue weighted by atomic mass is 9.86. The molecule has 1 aliphatic carbocycles. The van der Waals surface area contributed by atoms with E-state index >= 15 is 0 Å².